The molecule has 4 heterocycles. The number of hydrogen-bond acceptors (Lipinski definition) is 5. The Morgan fingerprint density at radius 1 is 1.24 bits per heavy atom. The molecule has 0 aliphatic carbocycles. The van der Waals surface area contributed by atoms with E-state index < -0.39 is 0 Å². The minimum absolute atomic E-state index is 0.0379. The Labute approximate surface area is 173 Å². The van der Waals surface area contributed by atoms with Gasteiger partial charge in [0, 0.05) is 50.1 Å². The van der Waals surface area contributed by atoms with Crippen molar-refractivity contribution in [2.75, 3.05) is 13.1 Å². The first-order chi connectivity index (χ1) is 14.0. The van der Waals surface area contributed by atoms with Crippen LogP contribution >= 0.6 is 11.3 Å². The van der Waals surface area contributed by atoms with Crippen LogP contribution in [0.25, 0.3) is 5.65 Å². The van der Waals surface area contributed by atoms with Gasteiger partial charge in [0.15, 0.2) is 0 Å². The molecule has 1 aliphatic heterocycles. The second-order valence-electron chi connectivity index (χ2n) is 7.73. The smallest absolute Gasteiger partial charge is 0.263 e. The van der Waals surface area contributed by atoms with Crippen LogP contribution in [0.5, 0.6) is 0 Å². The van der Waals surface area contributed by atoms with Gasteiger partial charge in [-0.1, -0.05) is 13.8 Å². The fraction of sp³-hybridized carbons (Fsp3) is 0.429. The normalized spacial score (nSPS) is 15.2. The topological polar surface area (TPSA) is 79.6 Å². The highest BCUT2D eigenvalue weighted by Gasteiger charge is 2.27. The third kappa shape index (κ3) is 4.32. The fourth-order valence-corrected chi connectivity index (χ4v) is 4.63. The Morgan fingerprint density at radius 3 is 2.79 bits per heavy atom. The van der Waals surface area contributed by atoms with Gasteiger partial charge in [-0.05, 0) is 30.5 Å². The van der Waals surface area contributed by atoms with Crippen molar-refractivity contribution in [1.29, 1.82) is 0 Å². The third-order valence-corrected chi connectivity index (χ3v) is 6.47. The zero-order chi connectivity index (χ0) is 20.4. The van der Waals surface area contributed by atoms with E-state index in [2.05, 4.69) is 15.3 Å². The van der Waals surface area contributed by atoms with Crippen LogP contribution < -0.4 is 5.32 Å². The van der Waals surface area contributed by atoms with Gasteiger partial charge < -0.3 is 14.6 Å². The second-order valence-corrected chi connectivity index (χ2v) is 8.79. The maximum absolute atomic E-state index is 12.5. The molecule has 152 valence electrons. The lowest BCUT2D eigenvalue weighted by Gasteiger charge is -2.32. The number of rotatable bonds is 5. The van der Waals surface area contributed by atoms with E-state index in [0.717, 1.165) is 42.1 Å². The Kier molecular flexibility index (Phi) is 5.62. The van der Waals surface area contributed by atoms with Crippen molar-refractivity contribution in [1.82, 2.24) is 24.6 Å². The summed E-state index contributed by atoms with van der Waals surface area (Å²) in [6.45, 7) is 5.85. The first-order valence-electron chi connectivity index (χ1n) is 9.95. The van der Waals surface area contributed by atoms with Gasteiger partial charge in [-0.3, -0.25) is 9.59 Å². The van der Waals surface area contributed by atoms with Gasteiger partial charge in [-0.2, -0.15) is 0 Å². The van der Waals surface area contributed by atoms with Crippen LogP contribution in [0, 0.1) is 5.92 Å². The number of fused-ring (bicyclic) bond motifs is 1. The number of aromatic nitrogens is 3. The Morgan fingerprint density at radius 2 is 2.03 bits per heavy atom. The molecule has 0 saturated carbocycles. The van der Waals surface area contributed by atoms with Crippen molar-refractivity contribution >= 4 is 28.8 Å². The largest absolute Gasteiger partial charge is 0.347 e. The lowest BCUT2D eigenvalue weighted by Crippen LogP contribution is -2.40. The van der Waals surface area contributed by atoms with Gasteiger partial charge in [-0.25, -0.2) is 9.97 Å². The van der Waals surface area contributed by atoms with Crippen LogP contribution in [-0.2, 0) is 11.3 Å². The van der Waals surface area contributed by atoms with Gasteiger partial charge in [0.2, 0.25) is 5.91 Å². The molecular weight excluding hydrogens is 386 g/mol. The molecule has 0 unspecified atom stereocenters. The van der Waals surface area contributed by atoms with Crippen molar-refractivity contribution in [3.8, 4) is 0 Å². The van der Waals surface area contributed by atoms with Crippen LogP contribution in [0.15, 0.2) is 36.9 Å². The highest BCUT2D eigenvalue weighted by Crippen LogP contribution is 2.31. The fourth-order valence-electron chi connectivity index (χ4n) is 3.63. The third-order valence-electron chi connectivity index (χ3n) is 5.31. The minimum Gasteiger partial charge on any atom is -0.347 e. The molecule has 4 rings (SSSR count). The van der Waals surface area contributed by atoms with Gasteiger partial charge in [0.05, 0.1) is 11.2 Å². The quantitative estimate of drug-likeness (QED) is 0.700. The number of carbonyl (C=O) groups is 2. The number of nitrogens with one attached hydrogen (secondary N) is 1. The van der Waals surface area contributed by atoms with Crippen molar-refractivity contribution < 1.29 is 9.59 Å². The summed E-state index contributed by atoms with van der Waals surface area (Å²) in [6.07, 6.45) is 9.04. The van der Waals surface area contributed by atoms with Crippen LogP contribution in [0.1, 0.15) is 52.8 Å². The molecule has 0 radical (unpaired) electrons. The van der Waals surface area contributed by atoms with Crippen molar-refractivity contribution in [3.05, 3.63) is 52.4 Å². The molecule has 1 N–H and O–H groups in total. The summed E-state index contributed by atoms with van der Waals surface area (Å²) >= 11 is 1.46. The molecule has 8 heteroatoms. The predicted molar refractivity (Wildman–Crippen MR) is 112 cm³/mol. The molecule has 0 atom stereocenters. The minimum atomic E-state index is -0.107. The monoisotopic (exact) mass is 411 g/mol. The molecule has 1 fully saturated rings. The van der Waals surface area contributed by atoms with Crippen LogP contribution in [0.2, 0.25) is 0 Å². The van der Waals surface area contributed by atoms with E-state index in [4.69, 9.17) is 0 Å². The highest BCUT2D eigenvalue weighted by molar-refractivity contribution is 7.13. The predicted octanol–water partition coefficient (Wildman–Crippen LogP) is 3.08. The van der Waals surface area contributed by atoms with Gasteiger partial charge >= 0.3 is 0 Å². The number of amides is 2. The SMILES string of the molecule is CC(C)C(=O)N1CCC(c2ncc(C(=O)NCc3ccn4ccnc4c3)s2)CC1. The first-order valence-corrected chi connectivity index (χ1v) is 10.8. The van der Waals surface area contributed by atoms with Gasteiger partial charge in [0.1, 0.15) is 10.5 Å². The lowest BCUT2D eigenvalue weighted by molar-refractivity contribution is -0.135. The number of carbonyl (C=O) groups excluding carboxylic acids is 2. The molecule has 0 bridgehead atoms. The molecule has 0 aromatic carbocycles. The average molecular weight is 412 g/mol. The van der Waals surface area contributed by atoms with E-state index in [1.165, 1.54) is 11.3 Å². The summed E-state index contributed by atoms with van der Waals surface area (Å²) in [5, 5.41) is 3.96. The molecule has 3 aromatic heterocycles. The Hall–Kier alpha value is -2.74. The zero-order valence-electron chi connectivity index (χ0n) is 16.7. The van der Waals surface area contributed by atoms with Crippen LogP contribution in [-0.4, -0.2) is 44.2 Å². The second kappa shape index (κ2) is 8.32. The summed E-state index contributed by atoms with van der Waals surface area (Å²) in [5.74, 6) is 0.470. The van der Waals surface area contributed by atoms with Crippen molar-refractivity contribution in [2.24, 2.45) is 5.92 Å². The zero-order valence-corrected chi connectivity index (χ0v) is 17.5. The number of pyridine rings is 1. The molecule has 7 nitrogen and oxygen atoms in total. The molecule has 1 saturated heterocycles. The lowest BCUT2D eigenvalue weighted by atomic mass is 9.96. The summed E-state index contributed by atoms with van der Waals surface area (Å²) < 4.78 is 1.93. The maximum atomic E-state index is 12.5. The van der Waals surface area contributed by atoms with E-state index in [0.29, 0.717) is 17.3 Å². The molecular formula is C21H25N5O2S. The average Bonchev–Trinajstić information content (AvgIpc) is 3.40. The van der Waals surface area contributed by atoms with E-state index in [1.54, 1.807) is 12.4 Å². The summed E-state index contributed by atoms with van der Waals surface area (Å²) in [7, 11) is 0. The number of imidazole rings is 1. The van der Waals surface area contributed by atoms with E-state index >= 15 is 0 Å². The summed E-state index contributed by atoms with van der Waals surface area (Å²) in [5.41, 5.74) is 1.86. The summed E-state index contributed by atoms with van der Waals surface area (Å²) in [6, 6.07) is 3.93. The number of piperidine rings is 1. The number of hydrogen-bond donors (Lipinski definition) is 1. The number of nitrogens with zero attached hydrogens (tertiary/aromatic N) is 4. The van der Waals surface area contributed by atoms with Gasteiger partial charge in [0.25, 0.3) is 5.91 Å². The molecule has 3 aromatic rings. The number of likely N-dealkylation sites (tertiary alicyclic amines) is 1. The molecule has 2 amide bonds. The van der Waals surface area contributed by atoms with Crippen molar-refractivity contribution in [3.63, 3.8) is 0 Å². The van der Waals surface area contributed by atoms with Gasteiger partial charge in [-0.15, -0.1) is 11.3 Å². The van der Waals surface area contributed by atoms with Crippen LogP contribution in [0.4, 0.5) is 0 Å². The van der Waals surface area contributed by atoms with Crippen LogP contribution in [0.3, 0.4) is 0 Å². The maximum Gasteiger partial charge on any atom is 0.263 e. The highest BCUT2D eigenvalue weighted by atomic mass is 32.1. The molecule has 29 heavy (non-hydrogen) atoms. The first kappa shape index (κ1) is 19.6. The summed E-state index contributed by atoms with van der Waals surface area (Å²) in [4.78, 5) is 36.0. The van der Waals surface area contributed by atoms with E-state index in [1.807, 2.05) is 47.7 Å². The van der Waals surface area contributed by atoms with E-state index in [-0.39, 0.29) is 17.7 Å². The molecule has 1 aliphatic rings. The molecule has 0 spiro atoms. The van der Waals surface area contributed by atoms with Crippen molar-refractivity contribution in [2.45, 2.75) is 39.2 Å². The Bertz CT molecular complexity index is 1020. The number of thiazole rings is 1. The van der Waals surface area contributed by atoms with E-state index in [9.17, 15) is 9.59 Å². The standard InChI is InChI=1S/C21H25N5O2S/c1-14(2)21(28)26-8-4-16(5-9-26)20-24-13-17(29-20)19(27)23-12-15-3-7-25-10-6-22-18(25)11-15/h3,6-7,10-11,13-14,16H,4-5,8-9,12H2,1-2H3,(H,23,27). The Balaban J connectivity index is 1.32.